The third-order valence-corrected chi connectivity index (χ3v) is 4.91. The molecule has 144 valence electrons. The van der Waals surface area contributed by atoms with E-state index in [9.17, 15) is 14.7 Å². The molecule has 1 aliphatic rings. The number of amides is 1. The van der Waals surface area contributed by atoms with Gasteiger partial charge >= 0.3 is 0 Å². The van der Waals surface area contributed by atoms with E-state index in [1.165, 1.54) is 10.6 Å². The molecule has 7 heteroatoms. The van der Waals surface area contributed by atoms with E-state index in [2.05, 4.69) is 0 Å². The van der Waals surface area contributed by atoms with Crippen molar-refractivity contribution < 1.29 is 14.6 Å². The molecule has 1 aromatic heterocycles. The first-order valence-corrected chi connectivity index (χ1v) is 9.37. The first kappa shape index (κ1) is 19.5. The summed E-state index contributed by atoms with van der Waals surface area (Å²) in [5.74, 6) is 0.509. The van der Waals surface area contributed by atoms with Crippen LogP contribution in [0.4, 0.5) is 0 Å². The van der Waals surface area contributed by atoms with Gasteiger partial charge in [-0.05, 0) is 37.1 Å². The van der Waals surface area contributed by atoms with Crippen LogP contribution in [0.2, 0.25) is 5.02 Å². The molecule has 27 heavy (non-hydrogen) atoms. The molecule has 0 spiro atoms. The lowest BCUT2D eigenvalue weighted by molar-refractivity contribution is -0.140. The fourth-order valence-electron chi connectivity index (χ4n) is 3.24. The summed E-state index contributed by atoms with van der Waals surface area (Å²) in [6.07, 6.45) is 3.15. The third-order valence-electron chi connectivity index (χ3n) is 4.68. The molecule has 2 aromatic rings. The number of likely N-dealkylation sites (tertiary alicyclic amines) is 1. The Labute approximate surface area is 162 Å². The molecule has 0 aliphatic carbocycles. The molecule has 1 amide bonds. The second kappa shape index (κ2) is 8.59. The van der Waals surface area contributed by atoms with Gasteiger partial charge in [0.1, 0.15) is 18.0 Å². The fourth-order valence-corrected chi connectivity index (χ4v) is 3.42. The average molecular weight is 391 g/mol. The van der Waals surface area contributed by atoms with Gasteiger partial charge in [-0.3, -0.25) is 9.59 Å². The van der Waals surface area contributed by atoms with Crippen molar-refractivity contribution in [1.29, 1.82) is 0 Å². The van der Waals surface area contributed by atoms with Gasteiger partial charge in [-0.2, -0.15) is 0 Å². The molecule has 0 radical (unpaired) electrons. The largest absolute Gasteiger partial charge is 0.490 e. The molecule has 1 aromatic carbocycles. The van der Waals surface area contributed by atoms with Gasteiger partial charge in [0, 0.05) is 36.8 Å². The highest BCUT2D eigenvalue weighted by Crippen LogP contribution is 2.24. The molecule has 0 bridgehead atoms. The summed E-state index contributed by atoms with van der Waals surface area (Å²) >= 11 is 5.94. The molecular weight excluding hydrogens is 368 g/mol. The molecule has 1 fully saturated rings. The molecule has 1 unspecified atom stereocenters. The van der Waals surface area contributed by atoms with Crippen molar-refractivity contribution in [2.45, 2.75) is 31.4 Å². The predicted octanol–water partition coefficient (Wildman–Crippen LogP) is 2.32. The number of halogens is 1. The Morgan fingerprint density at radius 2 is 2.11 bits per heavy atom. The van der Waals surface area contributed by atoms with Crippen LogP contribution >= 0.6 is 11.6 Å². The van der Waals surface area contributed by atoms with Crippen molar-refractivity contribution in [2.75, 3.05) is 19.7 Å². The number of aryl methyl sites for hydroxylation is 1. The van der Waals surface area contributed by atoms with Gasteiger partial charge < -0.3 is 19.3 Å². The van der Waals surface area contributed by atoms with Crippen LogP contribution in [0.3, 0.4) is 0 Å². The standard InChI is InChI=1S/C20H23ClN2O4/c21-16-5-3-6-17(13-16)27-15-20(26)9-4-11-23(14-20)19(25)8-12-22-10-2-1-7-18(22)24/h1-3,5-7,10,13,26H,4,8-9,11-12,14-15H2. The van der Waals surface area contributed by atoms with Gasteiger partial charge in [-0.15, -0.1) is 0 Å². The topological polar surface area (TPSA) is 71.8 Å². The number of aromatic nitrogens is 1. The van der Waals surface area contributed by atoms with E-state index in [0.29, 0.717) is 36.7 Å². The van der Waals surface area contributed by atoms with E-state index < -0.39 is 5.60 Å². The first-order chi connectivity index (χ1) is 13.0. The number of aliphatic hydroxyl groups is 1. The predicted molar refractivity (Wildman–Crippen MR) is 103 cm³/mol. The second-order valence-corrected chi connectivity index (χ2v) is 7.31. The van der Waals surface area contributed by atoms with Crippen molar-refractivity contribution in [3.05, 3.63) is 64.0 Å². The Balaban J connectivity index is 1.55. The minimum Gasteiger partial charge on any atom is -0.490 e. The van der Waals surface area contributed by atoms with Gasteiger partial charge in [0.2, 0.25) is 5.91 Å². The van der Waals surface area contributed by atoms with Gasteiger partial charge in [0.05, 0.1) is 6.54 Å². The molecule has 6 nitrogen and oxygen atoms in total. The van der Waals surface area contributed by atoms with Crippen LogP contribution in [0, 0.1) is 0 Å². The minimum absolute atomic E-state index is 0.0772. The van der Waals surface area contributed by atoms with Crippen LogP contribution in [0.15, 0.2) is 53.5 Å². The number of hydrogen-bond acceptors (Lipinski definition) is 4. The zero-order valence-electron chi connectivity index (χ0n) is 15.0. The number of piperidine rings is 1. The lowest BCUT2D eigenvalue weighted by Gasteiger charge is -2.39. The summed E-state index contributed by atoms with van der Waals surface area (Å²) in [5, 5.41) is 11.4. The van der Waals surface area contributed by atoms with Crippen molar-refractivity contribution in [3.8, 4) is 5.75 Å². The Hall–Kier alpha value is -2.31. The van der Waals surface area contributed by atoms with Crippen LogP contribution in [0.1, 0.15) is 19.3 Å². The zero-order chi connectivity index (χ0) is 19.3. The molecule has 3 rings (SSSR count). The Morgan fingerprint density at radius 3 is 2.89 bits per heavy atom. The van der Waals surface area contributed by atoms with E-state index in [0.717, 1.165) is 0 Å². The quantitative estimate of drug-likeness (QED) is 0.821. The SMILES string of the molecule is O=C(CCn1ccccc1=O)N1CCCC(O)(COc2cccc(Cl)c2)C1. The van der Waals surface area contributed by atoms with Crippen molar-refractivity contribution >= 4 is 17.5 Å². The van der Waals surface area contributed by atoms with Crippen molar-refractivity contribution in [1.82, 2.24) is 9.47 Å². The maximum atomic E-state index is 12.5. The highest BCUT2D eigenvalue weighted by molar-refractivity contribution is 6.30. The number of carbonyl (C=O) groups excluding carboxylic acids is 1. The fraction of sp³-hybridized carbons (Fsp3) is 0.400. The average Bonchev–Trinajstić information content (AvgIpc) is 2.66. The van der Waals surface area contributed by atoms with Crippen molar-refractivity contribution in [3.63, 3.8) is 0 Å². The molecule has 1 saturated heterocycles. The van der Waals surface area contributed by atoms with E-state index in [1.807, 2.05) is 0 Å². The number of rotatable bonds is 6. The van der Waals surface area contributed by atoms with Crippen LogP contribution in [0.5, 0.6) is 5.75 Å². The molecule has 0 saturated carbocycles. The maximum Gasteiger partial charge on any atom is 0.250 e. The van der Waals surface area contributed by atoms with Crippen LogP contribution in [0.25, 0.3) is 0 Å². The Morgan fingerprint density at radius 1 is 1.26 bits per heavy atom. The van der Waals surface area contributed by atoms with Crippen LogP contribution in [-0.4, -0.2) is 45.8 Å². The second-order valence-electron chi connectivity index (χ2n) is 6.87. The highest BCUT2D eigenvalue weighted by atomic mass is 35.5. The van der Waals surface area contributed by atoms with E-state index in [4.69, 9.17) is 16.3 Å². The number of pyridine rings is 1. The number of β-amino-alcohol motifs (C(OH)–C–C–N with tert-alkyl or cyclic N) is 1. The number of ether oxygens (including phenoxy) is 1. The van der Waals surface area contributed by atoms with E-state index >= 15 is 0 Å². The summed E-state index contributed by atoms with van der Waals surface area (Å²) in [5.41, 5.74) is -1.23. The van der Waals surface area contributed by atoms with Gasteiger partial charge in [-0.1, -0.05) is 23.7 Å². The van der Waals surface area contributed by atoms with E-state index in [-0.39, 0.29) is 31.0 Å². The molecule has 1 atom stereocenters. The molecule has 2 heterocycles. The summed E-state index contributed by atoms with van der Waals surface area (Å²) in [4.78, 5) is 25.9. The number of hydrogen-bond donors (Lipinski definition) is 1. The number of benzene rings is 1. The summed E-state index contributed by atoms with van der Waals surface area (Å²) in [6.45, 7) is 1.24. The monoisotopic (exact) mass is 390 g/mol. The summed E-state index contributed by atoms with van der Waals surface area (Å²) in [6, 6.07) is 11.9. The Kier molecular flexibility index (Phi) is 6.19. The Bertz CT molecular complexity index is 854. The lowest BCUT2D eigenvalue weighted by Crippen LogP contribution is -2.53. The molecule has 1 N–H and O–H groups in total. The van der Waals surface area contributed by atoms with Gasteiger partial charge in [-0.25, -0.2) is 0 Å². The third kappa shape index (κ3) is 5.34. The van der Waals surface area contributed by atoms with Crippen molar-refractivity contribution in [2.24, 2.45) is 0 Å². The van der Waals surface area contributed by atoms with Crippen LogP contribution in [-0.2, 0) is 11.3 Å². The first-order valence-electron chi connectivity index (χ1n) is 8.99. The zero-order valence-corrected chi connectivity index (χ0v) is 15.8. The maximum absolute atomic E-state index is 12.5. The van der Waals surface area contributed by atoms with Crippen LogP contribution < -0.4 is 10.3 Å². The minimum atomic E-state index is -1.10. The van der Waals surface area contributed by atoms with E-state index in [1.54, 1.807) is 47.5 Å². The summed E-state index contributed by atoms with van der Waals surface area (Å²) < 4.78 is 7.19. The normalized spacial score (nSPS) is 19.7. The number of carbonyl (C=O) groups is 1. The van der Waals surface area contributed by atoms with Gasteiger partial charge in [0.15, 0.2) is 0 Å². The molecule has 1 aliphatic heterocycles. The smallest absolute Gasteiger partial charge is 0.250 e. The highest BCUT2D eigenvalue weighted by Gasteiger charge is 2.36. The number of nitrogens with zero attached hydrogens (tertiary/aromatic N) is 2. The lowest BCUT2D eigenvalue weighted by atomic mass is 9.93. The summed E-state index contributed by atoms with van der Waals surface area (Å²) in [7, 11) is 0. The van der Waals surface area contributed by atoms with Gasteiger partial charge in [0.25, 0.3) is 5.56 Å². The molecular formula is C20H23ClN2O4.